The van der Waals surface area contributed by atoms with Gasteiger partial charge in [0.15, 0.2) is 4.34 Å². The van der Waals surface area contributed by atoms with Gasteiger partial charge in [-0.1, -0.05) is 23.1 Å². The van der Waals surface area contributed by atoms with Crippen LogP contribution in [0.15, 0.2) is 21.4 Å². The summed E-state index contributed by atoms with van der Waals surface area (Å²) in [5, 5.41) is 15.6. The van der Waals surface area contributed by atoms with Gasteiger partial charge in [0.1, 0.15) is 17.5 Å². The van der Waals surface area contributed by atoms with Crippen LogP contribution in [0.1, 0.15) is 5.56 Å². The van der Waals surface area contributed by atoms with Crippen molar-refractivity contribution in [3.05, 3.63) is 29.3 Å². The van der Waals surface area contributed by atoms with Gasteiger partial charge in [0.2, 0.25) is 5.13 Å². The van der Waals surface area contributed by atoms with Gasteiger partial charge in [-0.3, -0.25) is 5.41 Å². The van der Waals surface area contributed by atoms with Gasteiger partial charge >= 0.3 is 0 Å². The van der Waals surface area contributed by atoms with E-state index in [-0.39, 0.29) is 16.3 Å². The predicted molar refractivity (Wildman–Crippen MR) is 75.7 cm³/mol. The Morgan fingerprint density at radius 2 is 1.90 bits per heavy atom. The molecule has 5 nitrogen and oxygen atoms in total. The third-order valence-corrected chi connectivity index (χ3v) is 4.51. The third-order valence-electron chi connectivity index (χ3n) is 2.28. The molecule has 0 aliphatic carbocycles. The van der Waals surface area contributed by atoms with E-state index in [4.69, 9.17) is 11.1 Å². The lowest BCUT2D eigenvalue weighted by molar-refractivity contribution is 0.540. The Morgan fingerprint density at radius 1 is 1.30 bits per heavy atom. The number of hydrogen-bond acceptors (Lipinski definition) is 6. The van der Waals surface area contributed by atoms with Gasteiger partial charge in [0, 0.05) is 19.7 Å². The summed E-state index contributed by atoms with van der Waals surface area (Å²) in [7, 11) is 3.61. The number of benzene rings is 1. The van der Waals surface area contributed by atoms with E-state index in [0.29, 0.717) is 9.47 Å². The smallest absolute Gasteiger partial charge is 0.208 e. The maximum atomic E-state index is 13.9. The lowest BCUT2D eigenvalue weighted by atomic mass is 10.2. The van der Waals surface area contributed by atoms with Crippen LogP contribution in [0, 0.1) is 17.0 Å². The fraction of sp³-hybridized carbons (Fsp3) is 0.182. The molecule has 0 spiro atoms. The number of aromatic nitrogens is 2. The zero-order valence-corrected chi connectivity index (χ0v) is 12.3. The maximum absolute atomic E-state index is 13.9. The summed E-state index contributed by atoms with van der Waals surface area (Å²) >= 11 is 2.09. The van der Waals surface area contributed by atoms with Gasteiger partial charge in [-0.2, -0.15) is 0 Å². The first-order valence-corrected chi connectivity index (χ1v) is 7.04. The van der Waals surface area contributed by atoms with Crippen LogP contribution in [0.2, 0.25) is 0 Å². The van der Waals surface area contributed by atoms with Crippen LogP contribution >= 0.6 is 23.1 Å². The second-order valence-corrected chi connectivity index (χ2v) is 6.24. The van der Waals surface area contributed by atoms with E-state index >= 15 is 0 Å². The molecule has 0 aliphatic heterocycles. The molecule has 20 heavy (non-hydrogen) atoms. The Labute approximate surface area is 122 Å². The highest BCUT2D eigenvalue weighted by molar-refractivity contribution is 8.01. The molecule has 0 bridgehead atoms. The maximum Gasteiger partial charge on any atom is 0.208 e. The molecule has 0 fully saturated rings. The lowest BCUT2D eigenvalue weighted by Gasteiger charge is -2.05. The minimum atomic E-state index is -0.776. The van der Waals surface area contributed by atoms with Crippen LogP contribution in [-0.4, -0.2) is 30.1 Å². The highest BCUT2D eigenvalue weighted by Crippen LogP contribution is 2.36. The number of nitrogens with one attached hydrogen (secondary N) is 1. The highest BCUT2D eigenvalue weighted by Gasteiger charge is 2.16. The first-order valence-electron chi connectivity index (χ1n) is 5.40. The van der Waals surface area contributed by atoms with Crippen LogP contribution in [0.4, 0.5) is 13.9 Å². The van der Waals surface area contributed by atoms with Crippen molar-refractivity contribution in [3.63, 3.8) is 0 Å². The van der Waals surface area contributed by atoms with Crippen LogP contribution in [0.5, 0.6) is 0 Å². The summed E-state index contributed by atoms with van der Waals surface area (Å²) in [5.41, 5.74) is 5.22. The summed E-state index contributed by atoms with van der Waals surface area (Å²) in [6.45, 7) is 0. The van der Waals surface area contributed by atoms with Crippen LogP contribution in [0.3, 0.4) is 0 Å². The molecule has 106 valence electrons. The molecule has 1 aromatic heterocycles. The van der Waals surface area contributed by atoms with Crippen molar-refractivity contribution in [2.45, 2.75) is 9.24 Å². The molecule has 0 amide bonds. The predicted octanol–water partition coefficient (Wildman–Crippen LogP) is 2.32. The molecule has 0 atom stereocenters. The standard InChI is InChI=1S/C11H11F2N5S2/c1-18(2)10-16-17-11(20-10)19-8-6(12)3-5(9(14)15)4-7(8)13/h3-4H,1-2H3,(H3,14,15). The number of halogens is 2. The third kappa shape index (κ3) is 3.05. The minimum absolute atomic E-state index is 0.00981. The molecule has 0 saturated carbocycles. The van der Waals surface area contributed by atoms with E-state index in [0.717, 1.165) is 23.9 Å². The summed E-state index contributed by atoms with van der Waals surface area (Å²) in [5.74, 6) is -1.94. The lowest BCUT2D eigenvalue weighted by Crippen LogP contribution is -2.12. The molecule has 0 radical (unpaired) electrons. The largest absolute Gasteiger partial charge is 0.384 e. The number of nitrogens with zero attached hydrogens (tertiary/aromatic N) is 3. The van der Waals surface area contributed by atoms with Crippen LogP contribution in [-0.2, 0) is 0 Å². The second-order valence-electron chi connectivity index (χ2n) is 4.03. The number of nitrogens with two attached hydrogens (primary N) is 1. The van der Waals surface area contributed by atoms with E-state index in [1.54, 1.807) is 19.0 Å². The van der Waals surface area contributed by atoms with E-state index < -0.39 is 11.6 Å². The van der Waals surface area contributed by atoms with Crippen LogP contribution < -0.4 is 10.6 Å². The van der Waals surface area contributed by atoms with Gasteiger partial charge in [-0.05, 0) is 12.1 Å². The Kier molecular flexibility index (Phi) is 4.19. The Morgan fingerprint density at radius 3 is 2.35 bits per heavy atom. The first-order chi connectivity index (χ1) is 9.38. The molecule has 9 heteroatoms. The molecule has 0 saturated heterocycles. The van der Waals surface area contributed by atoms with Crippen molar-refractivity contribution in [3.8, 4) is 0 Å². The topological polar surface area (TPSA) is 78.9 Å². The monoisotopic (exact) mass is 315 g/mol. The van der Waals surface area contributed by atoms with E-state index in [2.05, 4.69) is 10.2 Å². The van der Waals surface area contributed by atoms with Crippen LogP contribution in [0.25, 0.3) is 0 Å². The number of amidine groups is 1. The zero-order chi connectivity index (χ0) is 14.9. The Bertz CT molecular complexity index is 633. The van der Waals surface area contributed by atoms with Gasteiger partial charge in [-0.15, -0.1) is 10.2 Å². The second kappa shape index (κ2) is 5.71. The SMILES string of the molecule is CN(C)c1nnc(Sc2c(F)cc(C(=N)N)cc2F)s1. The Balaban J connectivity index is 2.31. The van der Waals surface area contributed by atoms with Gasteiger partial charge < -0.3 is 10.6 Å². The molecule has 0 unspecified atom stereocenters. The average Bonchev–Trinajstić information content (AvgIpc) is 2.82. The molecule has 2 rings (SSSR count). The summed E-state index contributed by atoms with van der Waals surface area (Å²) in [6.07, 6.45) is 0. The molecule has 1 heterocycles. The van der Waals surface area contributed by atoms with E-state index in [9.17, 15) is 8.78 Å². The number of nitrogen functional groups attached to an aromatic ring is 1. The molecular formula is C11H11F2N5S2. The quantitative estimate of drug-likeness (QED) is 0.668. The van der Waals surface area contributed by atoms with Gasteiger partial charge in [0.05, 0.1) is 4.90 Å². The summed E-state index contributed by atoms with van der Waals surface area (Å²) in [4.78, 5) is 1.57. The molecular weight excluding hydrogens is 304 g/mol. The highest BCUT2D eigenvalue weighted by atomic mass is 32.2. The van der Waals surface area contributed by atoms with Crippen molar-refractivity contribution >= 4 is 34.1 Å². The molecule has 1 aromatic carbocycles. The average molecular weight is 315 g/mol. The fourth-order valence-electron chi connectivity index (χ4n) is 1.32. The first kappa shape index (κ1) is 14.7. The van der Waals surface area contributed by atoms with Crippen molar-refractivity contribution in [1.29, 1.82) is 5.41 Å². The fourth-order valence-corrected chi connectivity index (χ4v) is 3.04. The Hall–Kier alpha value is -1.74. The van der Waals surface area contributed by atoms with Crippen molar-refractivity contribution in [1.82, 2.24) is 10.2 Å². The van der Waals surface area contributed by atoms with Gasteiger partial charge in [-0.25, -0.2) is 8.78 Å². The van der Waals surface area contributed by atoms with Crippen molar-refractivity contribution < 1.29 is 8.78 Å². The summed E-state index contributed by atoms with van der Waals surface area (Å²) < 4.78 is 28.1. The molecule has 0 aliphatic rings. The number of rotatable bonds is 4. The van der Waals surface area contributed by atoms with Gasteiger partial charge in [0.25, 0.3) is 0 Å². The molecule has 3 N–H and O–H groups in total. The molecule has 2 aromatic rings. The zero-order valence-electron chi connectivity index (χ0n) is 10.6. The minimum Gasteiger partial charge on any atom is -0.384 e. The van der Waals surface area contributed by atoms with E-state index in [1.165, 1.54) is 11.3 Å². The number of hydrogen-bond donors (Lipinski definition) is 2. The van der Waals surface area contributed by atoms with E-state index in [1.807, 2.05) is 0 Å². The number of anilines is 1. The van der Waals surface area contributed by atoms with Crippen molar-refractivity contribution in [2.24, 2.45) is 5.73 Å². The normalized spacial score (nSPS) is 10.6. The summed E-state index contributed by atoms with van der Waals surface area (Å²) in [6, 6.07) is 2.06. The van der Waals surface area contributed by atoms with Crippen molar-refractivity contribution in [2.75, 3.05) is 19.0 Å².